The number of ether oxygens (including phenoxy) is 2. The maximum atomic E-state index is 13.6. The Bertz CT molecular complexity index is 1200. The van der Waals surface area contributed by atoms with Gasteiger partial charge in [-0.2, -0.15) is 13.8 Å². The highest BCUT2D eigenvalue weighted by atomic mass is 32.1. The van der Waals surface area contributed by atoms with Gasteiger partial charge in [-0.1, -0.05) is 26.1 Å². The van der Waals surface area contributed by atoms with Crippen molar-refractivity contribution in [2.45, 2.75) is 82.3 Å². The number of H-pyrrole nitrogens is 1. The number of nitrogens with zero attached hydrogens (tertiary/aromatic N) is 2. The molecule has 35 heavy (non-hydrogen) atoms. The number of hydrogen-bond acceptors (Lipinski definition) is 9. The molecule has 4 N–H and O–H groups in total. The number of hydrogen-bond donors (Lipinski definition) is 4. The van der Waals surface area contributed by atoms with Crippen LogP contribution in [-0.2, 0) is 18.6 Å². The van der Waals surface area contributed by atoms with Crippen molar-refractivity contribution in [3.8, 4) is 0 Å². The summed E-state index contributed by atoms with van der Waals surface area (Å²) in [5, 5.41) is 20.0. The number of methoxy groups -OCH3 is 1. The first-order valence-corrected chi connectivity index (χ1v) is 13.1. The summed E-state index contributed by atoms with van der Waals surface area (Å²) in [6, 6.07) is 1.30. The molecular weight excluding hydrogens is 507 g/mol. The Morgan fingerprint density at radius 2 is 1.83 bits per heavy atom. The Morgan fingerprint density at radius 3 is 2.40 bits per heavy atom. The summed E-state index contributed by atoms with van der Waals surface area (Å²) in [7, 11) is -2.97. The van der Waals surface area contributed by atoms with Crippen LogP contribution in [0.1, 0.15) is 58.6 Å². The van der Waals surface area contributed by atoms with Gasteiger partial charge in [0.1, 0.15) is 28.5 Å². The molecule has 0 amide bonds. The third-order valence-electron chi connectivity index (χ3n) is 6.72. The van der Waals surface area contributed by atoms with Gasteiger partial charge in [-0.3, -0.25) is 4.57 Å². The molecule has 3 rings (SSSR count). The topological polar surface area (TPSA) is 147 Å². The summed E-state index contributed by atoms with van der Waals surface area (Å²) >= 11 is 5.27. The van der Waals surface area contributed by atoms with Gasteiger partial charge in [0.15, 0.2) is 11.0 Å². The Kier molecular flexibility index (Phi) is 8.15. The van der Waals surface area contributed by atoms with Gasteiger partial charge >= 0.3 is 7.60 Å². The highest BCUT2D eigenvalue weighted by molar-refractivity contribution is 7.71. The Morgan fingerprint density at radius 1 is 1.20 bits per heavy atom. The second-order valence-corrected chi connectivity index (χ2v) is 11.6. The molecule has 0 radical (unpaired) electrons. The quantitative estimate of drug-likeness (QED) is 0.276. The number of pyridine rings is 1. The maximum absolute atomic E-state index is 13.6. The fourth-order valence-electron chi connectivity index (χ4n) is 3.90. The summed E-state index contributed by atoms with van der Waals surface area (Å²) in [5.41, 5.74) is -1.18. The average molecular weight is 538 g/mol. The molecule has 2 aromatic rings. The zero-order valence-electron chi connectivity index (χ0n) is 20.0. The van der Waals surface area contributed by atoms with Crippen molar-refractivity contribution in [3.63, 3.8) is 0 Å². The van der Waals surface area contributed by atoms with E-state index in [4.69, 9.17) is 26.2 Å². The predicted octanol–water partition coefficient (Wildman–Crippen LogP) is 3.66. The normalized spacial score (nSPS) is 27.9. The van der Waals surface area contributed by atoms with E-state index in [-0.39, 0.29) is 40.6 Å². The number of nitrogens with one attached hydrogen (secondary N) is 1. The molecule has 0 saturated carbocycles. The van der Waals surface area contributed by atoms with Crippen LogP contribution in [0.5, 0.6) is 0 Å². The predicted molar refractivity (Wildman–Crippen MR) is 124 cm³/mol. The van der Waals surface area contributed by atoms with Crippen LogP contribution < -0.4 is 0 Å². The molecule has 0 aromatic carbocycles. The number of halogens is 2. The van der Waals surface area contributed by atoms with Gasteiger partial charge in [-0.25, -0.2) is 4.98 Å². The lowest BCUT2D eigenvalue weighted by molar-refractivity contribution is -0.0558. The van der Waals surface area contributed by atoms with Crippen LogP contribution >= 0.6 is 19.8 Å². The molecule has 7 atom stereocenters. The molecule has 196 valence electrons. The van der Waals surface area contributed by atoms with E-state index in [9.17, 15) is 28.5 Å². The molecule has 1 aliphatic rings. The second-order valence-electron chi connectivity index (χ2n) is 9.02. The minimum absolute atomic E-state index is 0.0304. The van der Waals surface area contributed by atoms with Crippen molar-refractivity contribution in [1.29, 1.82) is 0 Å². The standard InChI is InChI=1S/C21H30F2N3O7PS/c1-6-20(3,33-34(29,30)21(4,7-2)31-5)9-12-13(27)14(28)15(32-12)10-8-11-18(26-19(10)35)25-17(23)16(22)24-11/h8,12-15,27-28H,6-7,9H2,1-5H3,(H,29,30)(H,25,26,35). The van der Waals surface area contributed by atoms with E-state index in [1.165, 1.54) is 20.1 Å². The Hall–Kier alpha value is -1.44. The lowest BCUT2D eigenvalue weighted by atomic mass is 9.92. The van der Waals surface area contributed by atoms with E-state index in [2.05, 4.69) is 15.0 Å². The van der Waals surface area contributed by atoms with Crippen molar-refractivity contribution >= 4 is 31.0 Å². The van der Waals surface area contributed by atoms with Gasteiger partial charge in [0.05, 0.1) is 11.7 Å². The first kappa shape index (κ1) is 28.1. The number of aromatic amines is 1. The van der Waals surface area contributed by atoms with Crippen LogP contribution in [0.25, 0.3) is 11.2 Å². The highest BCUT2D eigenvalue weighted by Gasteiger charge is 2.51. The van der Waals surface area contributed by atoms with Gasteiger partial charge in [0.2, 0.25) is 0 Å². The first-order valence-electron chi connectivity index (χ1n) is 11.1. The van der Waals surface area contributed by atoms with Gasteiger partial charge in [0, 0.05) is 19.1 Å². The van der Waals surface area contributed by atoms with Crippen molar-refractivity contribution in [1.82, 2.24) is 15.0 Å². The minimum Gasteiger partial charge on any atom is -0.388 e. The van der Waals surface area contributed by atoms with Crippen LogP contribution in [-0.4, -0.2) is 66.4 Å². The van der Waals surface area contributed by atoms with Gasteiger partial charge in [0.25, 0.3) is 11.9 Å². The molecule has 14 heteroatoms. The fourth-order valence-corrected chi connectivity index (χ4v) is 5.80. The zero-order valence-corrected chi connectivity index (χ0v) is 21.7. The van der Waals surface area contributed by atoms with Crippen LogP contribution in [0.4, 0.5) is 8.78 Å². The molecule has 0 bridgehead atoms. The van der Waals surface area contributed by atoms with E-state index in [1.54, 1.807) is 20.8 Å². The van der Waals surface area contributed by atoms with Crippen LogP contribution in [0, 0.1) is 16.5 Å². The number of fused-ring (bicyclic) bond motifs is 1. The van der Waals surface area contributed by atoms with E-state index >= 15 is 0 Å². The zero-order chi connectivity index (χ0) is 26.3. The number of rotatable bonds is 9. The van der Waals surface area contributed by atoms with Gasteiger partial charge < -0.3 is 34.1 Å². The Balaban J connectivity index is 1.88. The molecule has 2 aromatic heterocycles. The van der Waals surface area contributed by atoms with Crippen molar-refractivity contribution in [2.24, 2.45) is 0 Å². The molecular formula is C21H30F2N3O7PS. The van der Waals surface area contributed by atoms with Gasteiger partial charge in [-0.15, -0.1) is 0 Å². The summed E-state index contributed by atoms with van der Waals surface area (Å²) in [4.78, 5) is 20.2. The molecule has 0 spiro atoms. The van der Waals surface area contributed by atoms with Crippen molar-refractivity contribution in [2.75, 3.05) is 7.11 Å². The minimum atomic E-state index is -4.29. The molecule has 1 fully saturated rings. The summed E-state index contributed by atoms with van der Waals surface area (Å²) in [6.45, 7) is 6.52. The number of aromatic nitrogens is 3. The molecule has 1 aliphatic heterocycles. The third-order valence-corrected chi connectivity index (χ3v) is 9.44. The van der Waals surface area contributed by atoms with Crippen LogP contribution in [0.3, 0.4) is 0 Å². The third kappa shape index (κ3) is 5.33. The molecule has 10 nitrogen and oxygen atoms in total. The lowest BCUT2D eigenvalue weighted by Gasteiger charge is -2.39. The average Bonchev–Trinajstić information content (AvgIpc) is 3.06. The SMILES string of the molecule is CCC(C)(CC1OC(c2cc3nc(F)c(F)nc3[nH]c2=S)C(O)C1O)OP(=O)(O)C(C)(CC)OC. The number of aliphatic hydroxyl groups is 2. The first-order chi connectivity index (χ1) is 16.2. The van der Waals surface area contributed by atoms with E-state index in [0.717, 1.165) is 0 Å². The smallest absolute Gasteiger partial charge is 0.359 e. The monoisotopic (exact) mass is 537 g/mol. The van der Waals surface area contributed by atoms with E-state index in [1.807, 2.05) is 0 Å². The van der Waals surface area contributed by atoms with Crippen LogP contribution in [0.2, 0.25) is 0 Å². The summed E-state index contributed by atoms with van der Waals surface area (Å²) in [5.74, 6) is -2.80. The summed E-state index contributed by atoms with van der Waals surface area (Å²) < 4.78 is 57.0. The van der Waals surface area contributed by atoms with E-state index in [0.29, 0.717) is 0 Å². The molecule has 7 unspecified atom stereocenters. The lowest BCUT2D eigenvalue weighted by Crippen LogP contribution is -2.40. The van der Waals surface area contributed by atoms with Gasteiger partial charge in [-0.05, 0) is 32.8 Å². The second kappa shape index (κ2) is 10.1. The molecule has 0 aliphatic carbocycles. The highest BCUT2D eigenvalue weighted by Crippen LogP contribution is 2.60. The van der Waals surface area contributed by atoms with Crippen molar-refractivity contribution in [3.05, 3.63) is 28.2 Å². The number of aliphatic hydroxyl groups excluding tert-OH is 2. The maximum Gasteiger partial charge on any atom is 0.359 e. The molecule has 3 heterocycles. The van der Waals surface area contributed by atoms with E-state index < -0.39 is 54.9 Å². The van der Waals surface area contributed by atoms with Crippen molar-refractivity contribution < 1.29 is 42.4 Å². The largest absolute Gasteiger partial charge is 0.388 e. The Labute approximate surface area is 206 Å². The molecule has 1 saturated heterocycles. The summed E-state index contributed by atoms with van der Waals surface area (Å²) in [6.07, 6.45) is -4.52. The fraction of sp³-hybridized carbons (Fsp3) is 0.667. The van der Waals surface area contributed by atoms with Crippen LogP contribution in [0.15, 0.2) is 6.07 Å².